The quantitative estimate of drug-likeness (QED) is 0.739. The third-order valence-electron chi connectivity index (χ3n) is 4.87. The molecule has 0 spiro atoms. The van der Waals surface area contributed by atoms with E-state index in [2.05, 4.69) is 12.2 Å². The molecule has 1 nitrogen and oxygen atoms in total. The van der Waals surface area contributed by atoms with Crippen molar-refractivity contribution < 1.29 is 0 Å². The van der Waals surface area contributed by atoms with Crippen molar-refractivity contribution in [1.29, 1.82) is 0 Å². The maximum Gasteiger partial charge on any atom is 0.00952 e. The highest BCUT2D eigenvalue weighted by Crippen LogP contribution is 2.29. The Labute approximate surface area is 101 Å². The topological polar surface area (TPSA) is 12.0 Å². The second kappa shape index (κ2) is 6.64. The number of hydrogen-bond acceptors (Lipinski definition) is 1. The Bertz CT molecular complexity index is 184. The van der Waals surface area contributed by atoms with E-state index in [0.717, 1.165) is 17.9 Å². The molecule has 0 aromatic heterocycles. The van der Waals surface area contributed by atoms with Gasteiger partial charge >= 0.3 is 0 Å². The minimum atomic E-state index is 0.855. The van der Waals surface area contributed by atoms with Crippen LogP contribution in [0, 0.1) is 11.8 Å². The molecule has 2 rings (SSSR count). The van der Waals surface area contributed by atoms with Crippen LogP contribution >= 0.6 is 0 Å². The molecule has 0 radical (unpaired) electrons. The first-order valence-electron chi connectivity index (χ1n) is 7.63. The molecule has 16 heavy (non-hydrogen) atoms. The van der Waals surface area contributed by atoms with Crippen LogP contribution in [0.5, 0.6) is 0 Å². The maximum atomic E-state index is 3.83. The van der Waals surface area contributed by atoms with Gasteiger partial charge in [-0.1, -0.05) is 51.9 Å². The van der Waals surface area contributed by atoms with E-state index in [4.69, 9.17) is 0 Å². The molecular weight excluding hydrogens is 194 g/mol. The average molecular weight is 223 g/mol. The van der Waals surface area contributed by atoms with Crippen molar-refractivity contribution in [2.75, 3.05) is 6.54 Å². The highest BCUT2D eigenvalue weighted by molar-refractivity contribution is 4.82. The summed E-state index contributed by atoms with van der Waals surface area (Å²) in [5.41, 5.74) is 0. The molecule has 2 fully saturated rings. The van der Waals surface area contributed by atoms with Crippen LogP contribution in [0.25, 0.3) is 0 Å². The Kier molecular flexibility index (Phi) is 5.15. The Morgan fingerprint density at radius 2 is 1.75 bits per heavy atom. The molecular formula is C15H29N. The van der Waals surface area contributed by atoms with Gasteiger partial charge in [-0.05, 0) is 37.6 Å². The predicted octanol–water partition coefficient (Wildman–Crippen LogP) is 4.13. The normalized spacial score (nSPS) is 32.1. The molecule has 2 aliphatic carbocycles. The largest absolute Gasteiger partial charge is 0.314 e. The summed E-state index contributed by atoms with van der Waals surface area (Å²) in [5, 5.41) is 3.83. The number of rotatable bonds is 5. The Morgan fingerprint density at radius 1 is 0.938 bits per heavy atom. The second-order valence-corrected chi connectivity index (χ2v) is 5.95. The van der Waals surface area contributed by atoms with Gasteiger partial charge < -0.3 is 5.32 Å². The highest BCUT2D eigenvalue weighted by Gasteiger charge is 2.25. The Hall–Kier alpha value is -0.0400. The van der Waals surface area contributed by atoms with Crippen LogP contribution in [0.2, 0.25) is 0 Å². The molecule has 0 aromatic carbocycles. The summed E-state index contributed by atoms with van der Waals surface area (Å²) in [5.74, 6) is 2.02. The summed E-state index contributed by atoms with van der Waals surface area (Å²) in [7, 11) is 0. The zero-order valence-corrected chi connectivity index (χ0v) is 11.0. The fraction of sp³-hybridized carbons (Fsp3) is 1.00. The van der Waals surface area contributed by atoms with E-state index in [1.54, 1.807) is 0 Å². The summed E-state index contributed by atoms with van der Waals surface area (Å²) in [6.07, 6.45) is 14.7. The highest BCUT2D eigenvalue weighted by atomic mass is 14.9. The fourth-order valence-electron chi connectivity index (χ4n) is 3.74. The molecule has 0 amide bonds. The SMILES string of the molecule is CCC1CCCC1NCCC1CCCCC1. The van der Waals surface area contributed by atoms with Crippen molar-refractivity contribution in [3.05, 3.63) is 0 Å². The minimum absolute atomic E-state index is 0.855. The van der Waals surface area contributed by atoms with Crippen molar-refractivity contribution >= 4 is 0 Å². The van der Waals surface area contributed by atoms with E-state index < -0.39 is 0 Å². The van der Waals surface area contributed by atoms with E-state index in [1.165, 1.54) is 70.8 Å². The lowest BCUT2D eigenvalue weighted by Crippen LogP contribution is -2.33. The average Bonchev–Trinajstić information content (AvgIpc) is 2.78. The summed E-state index contributed by atoms with van der Waals surface area (Å²) >= 11 is 0. The van der Waals surface area contributed by atoms with E-state index in [-0.39, 0.29) is 0 Å². The molecule has 2 unspecified atom stereocenters. The molecule has 2 atom stereocenters. The van der Waals surface area contributed by atoms with Crippen molar-refractivity contribution in [3.8, 4) is 0 Å². The summed E-state index contributed by atoms with van der Waals surface area (Å²) < 4.78 is 0. The molecule has 2 saturated carbocycles. The van der Waals surface area contributed by atoms with Gasteiger partial charge in [-0.3, -0.25) is 0 Å². The van der Waals surface area contributed by atoms with Gasteiger partial charge in [0.2, 0.25) is 0 Å². The van der Waals surface area contributed by atoms with Gasteiger partial charge in [-0.2, -0.15) is 0 Å². The smallest absolute Gasteiger partial charge is 0.00952 e. The maximum absolute atomic E-state index is 3.83. The molecule has 94 valence electrons. The number of nitrogens with one attached hydrogen (secondary N) is 1. The lowest BCUT2D eigenvalue weighted by Gasteiger charge is -2.24. The Balaban J connectivity index is 1.59. The number of hydrogen-bond donors (Lipinski definition) is 1. The van der Waals surface area contributed by atoms with Gasteiger partial charge in [0, 0.05) is 6.04 Å². The standard InChI is InChI=1S/C15H29N/c1-2-14-9-6-10-15(14)16-12-11-13-7-4-3-5-8-13/h13-16H,2-12H2,1H3. The van der Waals surface area contributed by atoms with Gasteiger partial charge in [-0.25, -0.2) is 0 Å². The lowest BCUT2D eigenvalue weighted by atomic mass is 9.87. The first-order valence-corrected chi connectivity index (χ1v) is 7.63. The molecule has 0 heterocycles. The molecule has 1 heteroatoms. The minimum Gasteiger partial charge on any atom is -0.314 e. The van der Waals surface area contributed by atoms with Crippen LogP contribution in [0.1, 0.15) is 71.1 Å². The van der Waals surface area contributed by atoms with Crippen LogP contribution in [0.4, 0.5) is 0 Å². The van der Waals surface area contributed by atoms with E-state index in [9.17, 15) is 0 Å². The second-order valence-electron chi connectivity index (χ2n) is 5.95. The Morgan fingerprint density at radius 3 is 2.50 bits per heavy atom. The van der Waals surface area contributed by atoms with Crippen LogP contribution in [0.3, 0.4) is 0 Å². The van der Waals surface area contributed by atoms with E-state index >= 15 is 0 Å². The molecule has 0 aliphatic heterocycles. The van der Waals surface area contributed by atoms with Gasteiger partial charge in [0.05, 0.1) is 0 Å². The first-order chi connectivity index (χ1) is 7.90. The molecule has 1 N–H and O–H groups in total. The van der Waals surface area contributed by atoms with Crippen LogP contribution in [-0.2, 0) is 0 Å². The monoisotopic (exact) mass is 223 g/mol. The van der Waals surface area contributed by atoms with E-state index in [1.807, 2.05) is 0 Å². The molecule has 0 aromatic rings. The van der Waals surface area contributed by atoms with Crippen LogP contribution in [-0.4, -0.2) is 12.6 Å². The van der Waals surface area contributed by atoms with Crippen molar-refractivity contribution in [2.45, 2.75) is 77.2 Å². The molecule has 0 bridgehead atoms. The van der Waals surface area contributed by atoms with Gasteiger partial charge in [-0.15, -0.1) is 0 Å². The van der Waals surface area contributed by atoms with Crippen molar-refractivity contribution in [1.82, 2.24) is 5.32 Å². The molecule has 2 aliphatic rings. The van der Waals surface area contributed by atoms with Crippen LogP contribution in [0.15, 0.2) is 0 Å². The van der Waals surface area contributed by atoms with E-state index in [0.29, 0.717) is 0 Å². The zero-order chi connectivity index (χ0) is 11.2. The molecule has 0 saturated heterocycles. The zero-order valence-electron chi connectivity index (χ0n) is 11.0. The first kappa shape index (κ1) is 12.4. The van der Waals surface area contributed by atoms with Gasteiger partial charge in [0.1, 0.15) is 0 Å². The summed E-state index contributed by atoms with van der Waals surface area (Å²) in [4.78, 5) is 0. The van der Waals surface area contributed by atoms with Crippen LogP contribution < -0.4 is 5.32 Å². The lowest BCUT2D eigenvalue weighted by molar-refractivity contribution is 0.315. The van der Waals surface area contributed by atoms with Gasteiger partial charge in [0.15, 0.2) is 0 Å². The predicted molar refractivity (Wildman–Crippen MR) is 70.6 cm³/mol. The summed E-state index contributed by atoms with van der Waals surface area (Å²) in [6.45, 7) is 3.64. The van der Waals surface area contributed by atoms with Crippen molar-refractivity contribution in [3.63, 3.8) is 0 Å². The third-order valence-corrected chi connectivity index (χ3v) is 4.87. The third kappa shape index (κ3) is 3.48. The van der Waals surface area contributed by atoms with Crippen molar-refractivity contribution in [2.24, 2.45) is 11.8 Å². The fourth-order valence-corrected chi connectivity index (χ4v) is 3.74. The van der Waals surface area contributed by atoms with Gasteiger partial charge in [0.25, 0.3) is 0 Å². The summed E-state index contributed by atoms with van der Waals surface area (Å²) in [6, 6.07) is 0.855.